The fourth-order valence-electron chi connectivity index (χ4n) is 3.22. The van der Waals surface area contributed by atoms with E-state index in [0.29, 0.717) is 18.6 Å². The van der Waals surface area contributed by atoms with Gasteiger partial charge in [-0.1, -0.05) is 39.3 Å². The summed E-state index contributed by atoms with van der Waals surface area (Å²) in [5, 5.41) is 0. The van der Waals surface area contributed by atoms with Gasteiger partial charge in [0.1, 0.15) is 0 Å². The molecule has 4 N–H and O–H groups in total. The quantitative estimate of drug-likeness (QED) is 0.387. The number of aryl methyl sites for hydroxylation is 2. The Kier molecular flexibility index (Phi) is 11.3. The number of nitrogens with two attached hydrogens (primary N) is 2. The van der Waals surface area contributed by atoms with Crippen molar-refractivity contribution < 1.29 is 14.3 Å². The summed E-state index contributed by atoms with van der Waals surface area (Å²) in [5.41, 5.74) is 18.0. The number of nitrogens with zero attached hydrogens (tertiary/aromatic N) is 1. The zero-order valence-corrected chi connectivity index (χ0v) is 19.7. The second-order valence-corrected chi connectivity index (χ2v) is 6.83. The molecule has 0 saturated heterocycles. The molecule has 1 heterocycles. The van der Waals surface area contributed by atoms with Crippen LogP contribution in [0.25, 0.3) is 16.9 Å². The maximum Gasteiger partial charge on any atom is 0.293 e. The van der Waals surface area contributed by atoms with Crippen LogP contribution >= 0.6 is 0 Å². The number of carbonyl (C=O) groups is 2. The van der Waals surface area contributed by atoms with E-state index in [4.69, 9.17) is 11.5 Å². The summed E-state index contributed by atoms with van der Waals surface area (Å²) in [4.78, 5) is 20.6. The van der Waals surface area contributed by atoms with Gasteiger partial charge in [-0.05, 0) is 73.9 Å². The normalized spacial score (nSPS) is 9.66. The Balaban J connectivity index is 0.000000646. The van der Waals surface area contributed by atoms with E-state index in [2.05, 4.69) is 28.4 Å². The van der Waals surface area contributed by atoms with Crippen LogP contribution in [-0.2, 0) is 16.0 Å². The third-order valence-electron chi connectivity index (χ3n) is 4.63. The van der Waals surface area contributed by atoms with Crippen molar-refractivity contribution in [1.29, 1.82) is 0 Å². The van der Waals surface area contributed by atoms with E-state index in [1.54, 1.807) is 13.0 Å². The first-order valence-corrected chi connectivity index (χ1v) is 11.0. The molecule has 0 radical (unpaired) electrons. The lowest BCUT2D eigenvalue weighted by molar-refractivity contribution is -0.128. The molecule has 0 spiro atoms. The zero-order valence-electron chi connectivity index (χ0n) is 19.7. The number of hydrogen-bond donors (Lipinski definition) is 2. The summed E-state index contributed by atoms with van der Waals surface area (Å²) >= 11 is 0. The fraction of sp³-hybridized carbons (Fsp3) is 0.308. The van der Waals surface area contributed by atoms with Gasteiger partial charge in [0.2, 0.25) is 5.91 Å². The molecule has 6 heteroatoms. The Hall–Kier alpha value is -3.54. The third-order valence-corrected chi connectivity index (χ3v) is 4.63. The molecule has 1 amide bonds. The summed E-state index contributed by atoms with van der Waals surface area (Å²) in [5.74, 6) is -0.408. The molecule has 1 aromatic heterocycles. The zero-order chi connectivity index (χ0) is 24.1. The van der Waals surface area contributed by atoms with E-state index in [9.17, 15) is 9.59 Å². The van der Waals surface area contributed by atoms with Gasteiger partial charge in [-0.15, -0.1) is 0 Å². The molecule has 0 atom stereocenters. The minimum atomic E-state index is -0.408. The lowest BCUT2D eigenvalue weighted by Gasteiger charge is -2.17. The van der Waals surface area contributed by atoms with Crippen LogP contribution in [0.1, 0.15) is 55.7 Å². The molecule has 32 heavy (non-hydrogen) atoms. The summed E-state index contributed by atoms with van der Waals surface area (Å²) in [7, 11) is 0. The predicted molar refractivity (Wildman–Crippen MR) is 132 cm³/mol. The fourth-order valence-corrected chi connectivity index (χ4v) is 3.22. The molecule has 0 saturated carbocycles. The Labute approximate surface area is 191 Å². The van der Waals surface area contributed by atoms with Crippen molar-refractivity contribution in [3.8, 4) is 16.9 Å². The number of nitrogen functional groups attached to an aromatic ring is 1. The number of benzene rings is 2. The van der Waals surface area contributed by atoms with Crippen molar-refractivity contribution >= 4 is 18.1 Å². The number of hydrogen-bond acceptors (Lipinski definition) is 4. The average molecular weight is 438 g/mol. The van der Waals surface area contributed by atoms with Crippen molar-refractivity contribution in [2.45, 2.75) is 47.5 Å². The van der Waals surface area contributed by atoms with E-state index in [-0.39, 0.29) is 0 Å². The molecule has 0 aliphatic heterocycles. The minimum absolute atomic E-state index is 0.408. The van der Waals surface area contributed by atoms with E-state index in [1.165, 1.54) is 5.69 Å². The molecule has 0 aliphatic carbocycles. The Morgan fingerprint density at radius 3 is 2.16 bits per heavy atom. The van der Waals surface area contributed by atoms with E-state index >= 15 is 0 Å². The molecule has 0 fully saturated rings. The highest BCUT2D eigenvalue weighted by Crippen LogP contribution is 2.30. The van der Waals surface area contributed by atoms with Crippen molar-refractivity contribution in [3.63, 3.8) is 0 Å². The number of amides is 1. The van der Waals surface area contributed by atoms with Gasteiger partial charge in [-0.2, -0.15) is 0 Å². The molecule has 172 valence electrons. The highest BCUT2D eigenvalue weighted by molar-refractivity contribution is 5.93. The maximum absolute atomic E-state index is 11.4. The summed E-state index contributed by atoms with van der Waals surface area (Å²) in [6, 6.07) is 17.8. The molecule has 2 aromatic carbocycles. The first kappa shape index (κ1) is 26.5. The number of aromatic nitrogens is 1. The SMILES string of the molecule is CC.CCCc1ccc(-c2ccc(N)cc2)n1-c1ccc(C(N)=O)cc1C.CCOC=O. The number of rotatable bonds is 7. The first-order valence-electron chi connectivity index (χ1n) is 11.0. The second-order valence-electron chi connectivity index (χ2n) is 6.83. The van der Waals surface area contributed by atoms with Crippen molar-refractivity contribution in [2.75, 3.05) is 12.3 Å². The van der Waals surface area contributed by atoms with Gasteiger partial charge in [0.05, 0.1) is 12.3 Å². The van der Waals surface area contributed by atoms with Gasteiger partial charge in [0.15, 0.2) is 0 Å². The van der Waals surface area contributed by atoms with Gasteiger partial charge in [-0.25, -0.2) is 0 Å². The molecule has 0 unspecified atom stereocenters. The predicted octanol–water partition coefficient (Wildman–Crippen LogP) is 5.29. The highest BCUT2D eigenvalue weighted by Gasteiger charge is 2.14. The topological polar surface area (TPSA) is 100 Å². The van der Waals surface area contributed by atoms with E-state index < -0.39 is 5.91 Å². The second kappa shape index (κ2) is 13.7. The van der Waals surface area contributed by atoms with Crippen LogP contribution in [0.4, 0.5) is 5.69 Å². The van der Waals surface area contributed by atoms with Crippen LogP contribution < -0.4 is 11.5 Å². The summed E-state index contributed by atoms with van der Waals surface area (Å²) in [6.45, 7) is 10.8. The van der Waals surface area contributed by atoms with E-state index in [1.807, 2.05) is 57.2 Å². The number of anilines is 1. The maximum atomic E-state index is 11.4. The largest absolute Gasteiger partial charge is 0.468 e. The summed E-state index contributed by atoms with van der Waals surface area (Å²) < 4.78 is 6.41. The van der Waals surface area contributed by atoms with Crippen LogP contribution in [0, 0.1) is 6.92 Å². The van der Waals surface area contributed by atoms with Crippen LogP contribution in [0.3, 0.4) is 0 Å². The first-order chi connectivity index (χ1) is 15.4. The third kappa shape index (κ3) is 7.01. The lowest BCUT2D eigenvalue weighted by atomic mass is 10.1. The number of ether oxygens (including phenoxy) is 1. The van der Waals surface area contributed by atoms with Crippen molar-refractivity contribution in [2.24, 2.45) is 5.73 Å². The van der Waals surface area contributed by atoms with Crippen molar-refractivity contribution in [3.05, 3.63) is 71.4 Å². The van der Waals surface area contributed by atoms with Gasteiger partial charge in [0.25, 0.3) is 6.47 Å². The molecule has 3 aromatic rings. The Bertz CT molecular complexity index is 992. The van der Waals surface area contributed by atoms with Crippen LogP contribution in [0.2, 0.25) is 0 Å². The van der Waals surface area contributed by atoms with Crippen molar-refractivity contribution in [1.82, 2.24) is 4.57 Å². The lowest BCUT2D eigenvalue weighted by Crippen LogP contribution is -2.12. The Morgan fingerprint density at radius 1 is 1.03 bits per heavy atom. The molecule has 0 aliphatic rings. The van der Waals surface area contributed by atoms with Crippen LogP contribution in [-0.4, -0.2) is 23.6 Å². The van der Waals surface area contributed by atoms with Gasteiger partial charge in [0, 0.05) is 22.6 Å². The molecule has 3 rings (SSSR count). The smallest absolute Gasteiger partial charge is 0.293 e. The monoisotopic (exact) mass is 437 g/mol. The average Bonchev–Trinajstić information content (AvgIpc) is 3.20. The van der Waals surface area contributed by atoms with Gasteiger partial charge < -0.3 is 20.8 Å². The van der Waals surface area contributed by atoms with Crippen LogP contribution in [0.15, 0.2) is 54.6 Å². The standard InChI is InChI=1S/C21H23N3O.C3H6O2.C2H6/c1-3-4-18-10-12-20(15-5-8-17(22)9-6-15)24(18)19-11-7-16(21(23)25)13-14(19)2;1-2-5-3-4;1-2/h5-13H,3-4,22H2,1-2H3,(H2,23,25);3H,2H2,1H3;1-2H3. The summed E-state index contributed by atoms with van der Waals surface area (Å²) in [6.07, 6.45) is 2.04. The van der Waals surface area contributed by atoms with E-state index in [0.717, 1.165) is 41.0 Å². The minimum Gasteiger partial charge on any atom is -0.468 e. The Morgan fingerprint density at radius 2 is 1.69 bits per heavy atom. The molecular formula is C26H35N3O3. The molecule has 0 bridgehead atoms. The molecular weight excluding hydrogens is 402 g/mol. The highest BCUT2D eigenvalue weighted by atomic mass is 16.5. The number of primary amides is 1. The number of carbonyl (C=O) groups excluding carboxylic acids is 2. The van der Waals surface area contributed by atoms with Crippen LogP contribution in [0.5, 0.6) is 0 Å². The van der Waals surface area contributed by atoms with Gasteiger partial charge in [-0.3, -0.25) is 9.59 Å². The van der Waals surface area contributed by atoms with Gasteiger partial charge >= 0.3 is 0 Å². The molecule has 6 nitrogen and oxygen atoms in total.